The molecule has 0 fully saturated rings. The minimum absolute atomic E-state index is 0.0708. The van der Waals surface area contributed by atoms with E-state index in [4.69, 9.17) is 5.11 Å². The van der Waals surface area contributed by atoms with Gasteiger partial charge < -0.3 is 10.4 Å². The van der Waals surface area contributed by atoms with E-state index in [-0.39, 0.29) is 17.7 Å². The molecule has 2 unspecified atom stereocenters. The Balaban J connectivity index is 4.42. The average Bonchev–Trinajstić information content (AvgIpc) is 2.22. The third kappa shape index (κ3) is 4.55. The molecule has 0 heterocycles. The average molecular weight is 233 g/mol. The van der Waals surface area contributed by atoms with Crippen LogP contribution in [0, 0.1) is 11.8 Å². The van der Waals surface area contributed by atoms with E-state index in [0.717, 1.165) is 0 Å². The molecule has 0 aliphatic heterocycles. The molecule has 0 saturated carbocycles. The Morgan fingerprint density at radius 3 is 2.27 bits per heavy atom. The molecule has 0 bridgehead atoms. The molecular formula is C10H19NO3S. The first-order valence-corrected chi connectivity index (χ1v) is 5.71. The molecule has 0 aliphatic carbocycles. The Kier molecular flexibility index (Phi) is 6.40. The topological polar surface area (TPSA) is 66.4 Å². The van der Waals surface area contributed by atoms with E-state index in [1.54, 1.807) is 6.92 Å². The van der Waals surface area contributed by atoms with Gasteiger partial charge in [-0.3, -0.25) is 4.79 Å². The molecule has 4 nitrogen and oxygen atoms in total. The van der Waals surface area contributed by atoms with Crippen LogP contribution >= 0.6 is 12.6 Å². The summed E-state index contributed by atoms with van der Waals surface area (Å²) in [6.45, 7) is 5.43. The summed E-state index contributed by atoms with van der Waals surface area (Å²) in [6, 6.07) is -0.801. The predicted molar refractivity (Wildman–Crippen MR) is 62.0 cm³/mol. The van der Waals surface area contributed by atoms with Crippen molar-refractivity contribution in [2.45, 2.75) is 33.2 Å². The van der Waals surface area contributed by atoms with Crippen LogP contribution in [-0.4, -0.2) is 28.8 Å². The fourth-order valence-corrected chi connectivity index (χ4v) is 1.23. The minimum Gasteiger partial charge on any atom is -0.480 e. The van der Waals surface area contributed by atoms with E-state index in [1.807, 2.05) is 13.8 Å². The van der Waals surface area contributed by atoms with Crippen molar-refractivity contribution in [2.24, 2.45) is 11.8 Å². The van der Waals surface area contributed by atoms with E-state index in [0.29, 0.717) is 12.2 Å². The molecule has 88 valence electrons. The van der Waals surface area contributed by atoms with Crippen molar-refractivity contribution in [1.82, 2.24) is 5.32 Å². The number of amides is 1. The zero-order valence-corrected chi connectivity index (χ0v) is 10.3. The minimum atomic E-state index is -0.982. The fourth-order valence-electron chi connectivity index (χ4n) is 1.06. The smallest absolute Gasteiger partial charge is 0.326 e. The van der Waals surface area contributed by atoms with Crippen LogP contribution in [0.2, 0.25) is 0 Å². The van der Waals surface area contributed by atoms with E-state index in [9.17, 15) is 9.59 Å². The van der Waals surface area contributed by atoms with Crippen LogP contribution in [-0.2, 0) is 9.59 Å². The number of carboxylic acid groups (broad SMARTS) is 1. The lowest BCUT2D eigenvalue weighted by atomic mass is 9.98. The Labute approximate surface area is 95.8 Å². The number of aliphatic carboxylic acids is 1. The van der Waals surface area contributed by atoms with E-state index in [1.165, 1.54) is 0 Å². The summed E-state index contributed by atoms with van der Waals surface area (Å²) in [6.07, 6.45) is 0.715. The van der Waals surface area contributed by atoms with Gasteiger partial charge in [0.2, 0.25) is 5.91 Å². The van der Waals surface area contributed by atoms with Gasteiger partial charge in [-0.2, -0.15) is 12.6 Å². The van der Waals surface area contributed by atoms with Crippen molar-refractivity contribution in [3.63, 3.8) is 0 Å². The molecule has 0 spiro atoms. The molecule has 0 aromatic heterocycles. The maximum Gasteiger partial charge on any atom is 0.326 e. The van der Waals surface area contributed by atoms with Gasteiger partial charge in [0, 0.05) is 11.7 Å². The third-order valence-electron chi connectivity index (χ3n) is 2.50. The largest absolute Gasteiger partial charge is 0.480 e. The summed E-state index contributed by atoms with van der Waals surface area (Å²) in [7, 11) is 0. The fraction of sp³-hybridized carbons (Fsp3) is 0.800. The molecule has 0 rings (SSSR count). The van der Waals surface area contributed by atoms with Crippen LogP contribution in [0.25, 0.3) is 0 Å². The molecule has 0 aromatic rings. The van der Waals surface area contributed by atoms with Crippen LogP contribution in [0.3, 0.4) is 0 Å². The number of carbonyl (C=O) groups excluding carboxylic acids is 1. The van der Waals surface area contributed by atoms with Gasteiger partial charge in [0.25, 0.3) is 0 Å². The number of thiol groups is 1. The van der Waals surface area contributed by atoms with Crippen molar-refractivity contribution in [3.8, 4) is 0 Å². The normalized spacial score (nSPS) is 16.5. The van der Waals surface area contributed by atoms with Crippen molar-refractivity contribution in [1.29, 1.82) is 0 Å². The SMILES string of the molecule is CCC(C)[C@H](NC(=O)C(C)CS)C(=O)O. The maximum absolute atomic E-state index is 11.5. The molecule has 3 atom stereocenters. The highest BCUT2D eigenvalue weighted by molar-refractivity contribution is 7.80. The van der Waals surface area contributed by atoms with E-state index < -0.39 is 12.0 Å². The summed E-state index contributed by atoms with van der Waals surface area (Å²) < 4.78 is 0. The highest BCUT2D eigenvalue weighted by Gasteiger charge is 2.26. The van der Waals surface area contributed by atoms with E-state index in [2.05, 4.69) is 17.9 Å². The number of nitrogens with one attached hydrogen (secondary N) is 1. The Hall–Kier alpha value is -0.710. The van der Waals surface area contributed by atoms with Crippen LogP contribution in [0.1, 0.15) is 27.2 Å². The summed E-state index contributed by atoms with van der Waals surface area (Å²) in [5.74, 6) is -1.15. The summed E-state index contributed by atoms with van der Waals surface area (Å²) >= 11 is 4.00. The summed E-state index contributed by atoms with van der Waals surface area (Å²) in [5.41, 5.74) is 0. The van der Waals surface area contributed by atoms with Crippen LogP contribution < -0.4 is 5.32 Å². The first-order chi connectivity index (χ1) is 6.93. The van der Waals surface area contributed by atoms with Gasteiger partial charge in [-0.15, -0.1) is 0 Å². The van der Waals surface area contributed by atoms with Gasteiger partial charge in [0.15, 0.2) is 0 Å². The maximum atomic E-state index is 11.5. The van der Waals surface area contributed by atoms with Gasteiger partial charge in [0.1, 0.15) is 6.04 Å². The Morgan fingerprint density at radius 1 is 1.40 bits per heavy atom. The molecule has 0 radical (unpaired) electrons. The summed E-state index contributed by atoms with van der Waals surface area (Å²) in [4.78, 5) is 22.4. The molecule has 1 amide bonds. The number of carbonyl (C=O) groups is 2. The van der Waals surface area contributed by atoms with Crippen molar-refractivity contribution >= 4 is 24.5 Å². The summed E-state index contributed by atoms with van der Waals surface area (Å²) in [5, 5.41) is 11.5. The quantitative estimate of drug-likeness (QED) is 0.603. The van der Waals surface area contributed by atoms with Crippen molar-refractivity contribution in [3.05, 3.63) is 0 Å². The first kappa shape index (κ1) is 14.3. The Morgan fingerprint density at radius 2 is 1.93 bits per heavy atom. The predicted octanol–water partition coefficient (Wildman–Crippen LogP) is 1.17. The number of carboxylic acids is 1. The number of rotatable bonds is 6. The molecular weight excluding hydrogens is 214 g/mol. The van der Waals surface area contributed by atoms with Crippen LogP contribution in [0.5, 0.6) is 0 Å². The molecule has 0 aliphatic rings. The zero-order valence-electron chi connectivity index (χ0n) is 9.36. The van der Waals surface area contributed by atoms with E-state index >= 15 is 0 Å². The van der Waals surface area contributed by atoms with Crippen LogP contribution in [0.15, 0.2) is 0 Å². The molecule has 0 saturated heterocycles. The van der Waals surface area contributed by atoms with Gasteiger partial charge in [-0.05, 0) is 5.92 Å². The first-order valence-electron chi connectivity index (χ1n) is 5.08. The van der Waals surface area contributed by atoms with Crippen molar-refractivity contribution < 1.29 is 14.7 Å². The monoisotopic (exact) mass is 233 g/mol. The van der Waals surface area contributed by atoms with Gasteiger partial charge in [-0.1, -0.05) is 27.2 Å². The highest BCUT2D eigenvalue weighted by atomic mass is 32.1. The number of hydrogen-bond acceptors (Lipinski definition) is 3. The molecule has 15 heavy (non-hydrogen) atoms. The molecule has 5 heteroatoms. The highest BCUT2D eigenvalue weighted by Crippen LogP contribution is 2.09. The molecule has 0 aromatic carbocycles. The van der Waals surface area contributed by atoms with Crippen molar-refractivity contribution in [2.75, 3.05) is 5.75 Å². The second-order valence-corrected chi connectivity index (χ2v) is 4.16. The third-order valence-corrected chi connectivity index (χ3v) is 3.05. The number of hydrogen-bond donors (Lipinski definition) is 3. The second-order valence-electron chi connectivity index (χ2n) is 3.79. The Bertz CT molecular complexity index is 233. The lowest BCUT2D eigenvalue weighted by molar-refractivity contribution is -0.143. The van der Waals surface area contributed by atoms with Gasteiger partial charge >= 0.3 is 5.97 Å². The zero-order chi connectivity index (χ0) is 12.0. The molecule has 2 N–H and O–H groups in total. The lowest BCUT2D eigenvalue weighted by Crippen LogP contribution is -2.47. The van der Waals surface area contributed by atoms with Gasteiger partial charge in [-0.25, -0.2) is 4.79 Å². The lowest BCUT2D eigenvalue weighted by Gasteiger charge is -2.21. The standard InChI is InChI=1S/C10H19NO3S/c1-4-6(2)8(10(13)14)11-9(12)7(3)5-15/h6-8,15H,4-5H2,1-3H3,(H,11,12)(H,13,14)/t6?,7?,8-/m0/s1. The second kappa shape index (κ2) is 6.71. The van der Waals surface area contributed by atoms with Crippen LogP contribution in [0.4, 0.5) is 0 Å². The van der Waals surface area contributed by atoms with Gasteiger partial charge in [0.05, 0.1) is 0 Å².